The molecule has 0 bridgehead atoms. The quantitative estimate of drug-likeness (QED) is 0.776. The first-order chi connectivity index (χ1) is 8.56. The van der Waals surface area contributed by atoms with Gasteiger partial charge in [0.15, 0.2) is 11.5 Å². The van der Waals surface area contributed by atoms with E-state index < -0.39 is 15.2 Å². The molecule has 1 heterocycles. The first-order valence-electron chi connectivity index (χ1n) is 5.49. The van der Waals surface area contributed by atoms with E-state index in [0.717, 1.165) is 5.56 Å². The third kappa shape index (κ3) is 2.71. The molecule has 1 aliphatic rings. The van der Waals surface area contributed by atoms with Crippen LogP contribution in [0.5, 0.6) is 11.5 Å². The largest absolute Gasteiger partial charge is 0.454 e. The summed E-state index contributed by atoms with van der Waals surface area (Å²) < 4.78 is 35.2. The van der Waals surface area contributed by atoms with Crippen LogP contribution in [-0.2, 0) is 16.6 Å². The van der Waals surface area contributed by atoms with E-state index in [-0.39, 0.29) is 13.3 Å². The summed E-state index contributed by atoms with van der Waals surface area (Å²) in [6.07, 6.45) is 0. The Labute approximate surface area is 111 Å². The molecule has 1 aromatic rings. The number of rotatable bonds is 5. The molecule has 0 aromatic heterocycles. The van der Waals surface area contributed by atoms with Gasteiger partial charge in [0.05, 0.1) is 0 Å². The van der Waals surface area contributed by atoms with Crippen LogP contribution in [0.3, 0.4) is 0 Å². The van der Waals surface area contributed by atoms with Crippen molar-refractivity contribution in [1.82, 2.24) is 4.31 Å². The summed E-state index contributed by atoms with van der Waals surface area (Å²) in [5.41, 5.74) is 0.842. The zero-order valence-corrected chi connectivity index (χ0v) is 11.5. The number of nitrogens with zero attached hydrogens (tertiary/aromatic N) is 1. The maximum Gasteiger partial charge on any atom is 0.231 e. The molecule has 0 aliphatic carbocycles. The zero-order chi connectivity index (χ0) is 13.2. The molecule has 5 nitrogen and oxygen atoms in total. The van der Waals surface area contributed by atoms with Crippen molar-refractivity contribution >= 4 is 21.6 Å². The standard InChI is InChI=1S/C11H14ClNO4S/c1-2-13(18(14,15)7-12)6-9-3-4-10-11(5-9)17-8-16-10/h3-5H,2,6-8H2,1H3. The molecule has 0 unspecified atom stereocenters. The fraction of sp³-hybridized carbons (Fsp3) is 0.455. The second-order valence-electron chi connectivity index (χ2n) is 3.83. The van der Waals surface area contributed by atoms with E-state index in [2.05, 4.69) is 0 Å². The number of hydrogen-bond donors (Lipinski definition) is 0. The third-order valence-electron chi connectivity index (χ3n) is 2.68. The van der Waals surface area contributed by atoms with E-state index >= 15 is 0 Å². The van der Waals surface area contributed by atoms with Gasteiger partial charge >= 0.3 is 0 Å². The van der Waals surface area contributed by atoms with Gasteiger partial charge in [-0.25, -0.2) is 8.42 Å². The summed E-state index contributed by atoms with van der Waals surface area (Å²) in [5.74, 6) is 1.33. The predicted octanol–water partition coefficient (Wildman–Crippen LogP) is 1.76. The number of sulfonamides is 1. The van der Waals surface area contributed by atoms with Gasteiger partial charge in [-0.15, -0.1) is 11.6 Å². The molecule has 2 rings (SSSR count). The van der Waals surface area contributed by atoms with E-state index in [1.807, 2.05) is 6.07 Å². The minimum absolute atomic E-state index is 0.205. The normalized spacial score (nSPS) is 14.2. The molecule has 0 spiro atoms. The van der Waals surface area contributed by atoms with Crippen molar-refractivity contribution in [3.63, 3.8) is 0 Å². The Balaban J connectivity index is 2.18. The maximum absolute atomic E-state index is 11.7. The van der Waals surface area contributed by atoms with Gasteiger partial charge in [0.2, 0.25) is 16.8 Å². The van der Waals surface area contributed by atoms with E-state index in [0.29, 0.717) is 18.0 Å². The highest BCUT2D eigenvalue weighted by molar-refractivity contribution is 7.90. The van der Waals surface area contributed by atoms with Gasteiger partial charge in [0, 0.05) is 13.1 Å². The molecule has 0 atom stereocenters. The van der Waals surface area contributed by atoms with Crippen LogP contribution < -0.4 is 9.47 Å². The minimum Gasteiger partial charge on any atom is -0.454 e. The van der Waals surface area contributed by atoms with Gasteiger partial charge in [-0.1, -0.05) is 13.0 Å². The fourth-order valence-corrected chi connectivity index (χ4v) is 3.01. The van der Waals surface area contributed by atoms with Crippen LogP contribution in [-0.4, -0.2) is 31.3 Å². The lowest BCUT2D eigenvalue weighted by molar-refractivity contribution is 0.174. The highest BCUT2D eigenvalue weighted by atomic mass is 35.5. The molecule has 0 fully saturated rings. The van der Waals surface area contributed by atoms with Crippen LogP contribution in [0, 0.1) is 0 Å². The van der Waals surface area contributed by atoms with Crippen molar-refractivity contribution in [2.45, 2.75) is 13.5 Å². The number of alkyl halides is 1. The van der Waals surface area contributed by atoms with Crippen molar-refractivity contribution in [3.05, 3.63) is 23.8 Å². The third-order valence-corrected chi connectivity index (χ3v) is 4.96. The molecule has 0 amide bonds. The predicted molar refractivity (Wildman–Crippen MR) is 68.3 cm³/mol. The summed E-state index contributed by atoms with van der Waals surface area (Å²) >= 11 is 5.45. The van der Waals surface area contributed by atoms with Crippen molar-refractivity contribution < 1.29 is 17.9 Å². The Bertz CT molecular complexity index is 532. The van der Waals surface area contributed by atoms with Gasteiger partial charge in [-0.05, 0) is 17.7 Å². The molecule has 0 radical (unpaired) electrons. The Morgan fingerprint density at radius 3 is 2.72 bits per heavy atom. The van der Waals surface area contributed by atoms with Crippen LogP contribution in [0.1, 0.15) is 12.5 Å². The Morgan fingerprint density at radius 2 is 2.06 bits per heavy atom. The first kappa shape index (κ1) is 13.5. The van der Waals surface area contributed by atoms with E-state index in [1.54, 1.807) is 19.1 Å². The number of benzene rings is 1. The highest BCUT2D eigenvalue weighted by Gasteiger charge is 2.20. The minimum atomic E-state index is -3.40. The van der Waals surface area contributed by atoms with Crippen LogP contribution >= 0.6 is 11.6 Å². The highest BCUT2D eigenvalue weighted by Crippen LogP contribution is 2.32. The first-order valence-corrected chi connectivity index (χ1v) is 7.63. The topological polar surface area (TPSA) is 55.8 Å². The van der Waals surface area contributed by atoms with E-state index in [1.165, 1.54) is 4.31 Å². The van der Waals surface area contributed by atoms with Gasteiger partial charge in [0.1, 0.15) is 5.21 Å². The van der Waals surface area contributed by atoms with E-state index in [9.17, 15) is 8.42 Å². The molecule has 0 saturated carbocycles. The molecule has 7 heteroatoms. The molecular weight excluding hydrogens is 278 g/mol. The van der Waals surface area contributed by atoms with Gasteiger partial charge in [-0.2, -0.15) is 4.31 Å². The summed E-state index contributed by atoms with van der Waals surface area (Å²) in [6, 6.07) is 5.38. The van der Waals surface area contributed by atoms with Gasteiger partial charge in [0.25, 0.3) is 0 Å². The second kappa shape index (κ2) is 5.34. The number of ether oxygens (including phenoxy) is 2. The van der Waals surface area contributed by atoms with Crippen molar-refractivity contribution in [3.8, 4) is 11.5 Å². The average Bonchev–Trinajstić information content (AvgIpc) is 2.83. The molecule has 0 saturated heterocycles. The average molecular weight is 292 g/mol. The molecule has 0 N–H and O–H groups in total. The zero-order valence-electron chi connectivity index (χ0n) is 9.93. The molecule has 100 valence electrons. The summed E-state index contributed by atoms with van der Waals surface area (Å²) in [7, 11) is -3.40. The van der Waals surface area contributed by atoms with Crippen molar-refractivity contribution in [2.24, 2.45) is 0 Å². The lowest BCUT2D eigenvalue weighted by Gasteiger charge is -2.19. The van der Waals surface area contributed by atoms with Crippen LogP contribution in [0.15, 0.2) is 18.2 Å². The smallest absolute Gasteiger partial charge is 0.231 e. The van der Waals surface area contributed by atoms with Crippen LogP contribution in [0.25, 0.3) is 0 Å². The summed E-state index contributed by atoms with van der Waals surface area (Å²) in [4.78, 5) is 0. The molecule has 1 aromatic carbocycles. The van der Waals surface area contributed by atoms with Crippen LogP contribution in [0.2, 0.25) is 0 Å². The number of halogens is 1. The summed E-state index contributed by atoms with van der Waals surface area (Å²) in [5, 5.41) is -0.411. The SMILES string of the molecule is CCN(Cc1ccc2c(c1)OCO2)S(=O)(=O)CCl. The van der Waals surface area contributed by atoms with Crippen molar-refractivity contribution in [1.29, 1.82) is 0 Å². The summed E-state index contributed by atoms with van der Waals surface area (Å²) in [6.45, 7) is 2.64. The van der Waals surface area contributed by atoms with E-state index in [4.69, 9.17) is 21.1 Å². The second-order valence-corrected chi connectivity index (χ2v) is 6.39. The Kier molecular flexibility index (Phi) is 3.99. The monoisotopic (exact) mass is 291 g/mol. The maximum atomic E-state index is 11.7. The fourth-order valence-electron chi connectivity index (χ4n) is 1.72. The Hall–Kier alpha value is -0.980. The molecule has 1 aliphatic heterocycles. The number of fused-ring (bicyclic) bond motifs is 1. The molecular formula is C11H14ClNO4S. The Morgan fingerprint density at radius 1 is 1.33 bits per heavy atom. The lowest BCUT2D eigenvalue weighted by atomic mass is 10.2. The number of hydrogen-bond acceptors (Lipinski definition) is 4. The van der Waals surface area contributed by atoms with Gasteiger partial charge in [-0.3, -0.25) is 0 Å². The van der Waals surface area contributed by atoms with Crippen LogP contribution in [0.4, 0.5) is 0 Å². The molecule has 18 heavy (non-hydrogen) atoms. The lowest BCUT2D eigenvalue weighted by Crippen LogP contribution is -2.31. The van der Waals surface area contributed by atoms with Crippen molar-refractivity contribution in [2.75, 3.05) is 18.5 Å². The van der Waals surface area contributed by atoms with Gasteiger partial charge < -0.3 is 9.47 Å².